The lowest BCUT2D eigenvalue weighted by Crippen LogP contribution is -2.42. The van der Waals surface area contributed by atoms with Gasteiger partial charge in [0.2, 0.25) is 0 Å². The lowest BCUT2D eigenvalue weighted by Gasteiger charge is -2.38. The second-order valence-electron chi connectivity index (χ2n) is 9.73. The number of nitrogens with zero attached hydrogens (tertiary/aromatic N) is 2. The van der Waals surface area contributed by atoms with E-state index in [-0.39, 0.29) is 17.8 Å². The van der Waals surface area contributed by atoms with E-state index in [2.05, 4.69) is 28.1 Å². The van der Waals surface area contributed by atoms with Crippen molar-refractivity contribution in [3.05, 3.63) is 77.1 Å². The van der Waals surface area contributed by atoms with Crippen LogP contribution in [0.4, 0.5) is 4.39 Å². The van der Waals surface area contributed by atoms with E-state index in [0.29, 0.717) is 25.0 Å². The number of hydrogen-bond donors (Lipinski definition) is 1. The van der Waals surface area contributed by atoms with E-state index >= 15 is 0 Å². The van der Waals surface area contributed by atoms with Crippen molar-refractivity contribution in [1.29, 1.82) is 0 Å². The van der Waals surface area contributed by atoms with Gasteiger partial charge in [-0.25, -0.2) is 4.39 Å². The first-order chi connectivity index (χ1) is 17.0. The Morgan fingerprint density at radius 2 is 2.06 bits per heavy atom. The zero-order valence-corrected chi connectivity index (χ0v) is 20.4. The van der Waals surface area contributed by atoms with Crippen LogP contribution in [0.2, 0.25) is 0 Å². The lowest BCUT2D eigenvalue weighted by molar-refractivity contribution is -0.0255. The molecule has 3 aliphatic heterocycles. The monoisotopic (exact) mass is 476 g/mol. The quantitative estimate of drug-likeness (QED) is 0.666. The molecule has 6 heteroatoms. The van der Waals surface area contributed by atoms with Gasteiger partial charge in [-0.05, 0) is 73.2 Å². The average molecular weight is 477 g/mol. The van der Waals surface area contributed by atoms with Crippen molar-refractivity contribution in [2.75, 3.05) is 33.4 Å². The summed E-state index contributed by atoms with van der Waals surface area (Å²) < 4.78 is 25.3. The third kappa shape index (κ3) is 4.91. The molecule has 184 valence electrons. The highest BCUT2D eigenvalue weighted by atomic mass is 19.1. The fourth-order valence-corrected chi connectivity index (χ4v) is 5.37. The maximum atomic E-state index is 13.7. The zero-order chi connectivity index (χ0) is 24.4. The molecule has 2 aromatic rings. The number of ether oxygens (including phenoxy) is 2. The number of hydrogen-bond acceptors (Lipinski definition) is 5. The van der Waals surface area contributed by atoms with E-state index in [1.165, 1.54) is 11.6 Å². The standard InChI is InChI=1S/C29H33FN2O3/c1-20-17-21(7-9-26(20)30)29(33)11-15-32(16-12-29)14-4-6-23-24-5-3-13-31-27(24)19-35-28-10-8-22(34-2)18-25(23)28/h3,5-10,13,17-18,24,27,33H,4,11-12,14-16,19H2,1-2H3/b23-6+. The third-order valence-electron chi connectivity index (χ3n) is 7.55. The fourth-order valence-electron chi connectivity index (χ4n) is 5.37. The van der Waals surface area contributed by atoms with Crippen LogP contribution in [0.1, 0.15) is 36.0 Å². The minimum atomic E-state index is -0.889. The second-order valence-corrected chi connectivity index (χ2v) is 9.73. The van der Waals surface area contributed by atoms with E-state index < -0.39 is 5.60 Å². The highest BCUT2D eigenvalue weighted by Gasteiger charge is 2.34. The number of methoxy groups -OCH3 is 1. The second kappa shape index (κ2) is 9.96. The molecule has 0 radical (unpaired) electrons. The molecular weight excluding hydrogens is 443 g/mol. The molecule has 2 unspecified atom stereocenters. The van der Waals surface area contributed by atoms with Crippen LogP contribution in [0, 0.1) is 18.7 Å². The predicted molar refractivity (Wildman–Crippen MR) is 137 cm³/mol. The number of dihydropyridines is 1. The number of rotatable bonds is 5. The largest absolute Gasteiger partial charge is 0.497 e. The van der Waals surface area contributed by atoms with Crippen molar-refractivity contribution in [3.8, 4) is 11.5 Å². The summed E-state index contributed by atoms with van der Waals surface area (Å²) in [5.74, 6) is 1.62. The zero-order valence-electron chi connectivity index (χ0n) is 20.4. The smallest absolute Gasteiger partial charge is 0.127 e. The highest BCUT2D eigenvalue weighted by molar-refractivity contribution is 5.80. The highest BCUT2D eigenvalue weighted by Crippen LogP contribution is 2.41. The van der Waals surface area contributed by atoms with Crippen LogP contribution in [0.3, 0.4) is 0 Å². The summed E-state index contributed by atoms with van der Waals surface area (Å²) >= 11 is 0. The van der Waals surface area contributed by atoms with E-state index in [1.807, 2.05) is 24.4 Å². The number of aryl methyl sites for hydroxylation is 1. The van der Waals surface area contributed by atoms with Crippen LogP contribution in [0.15, 0.2) is 59.6 Å². The summed E-state index contributed by atoms with van der Waals surface area (Å²) in [6.07, 6.45) is 10.6. The first-order valence-corrected chi connectivity index (χ1v) is 12.4. The number of allylic oxidation sites excluding steroid dienone is 1. The molecule has 5 nitrogen and oxygen atoms in total. The first-order valence-electron chi connectivity index (χ1n) is 12.4. The Morgan fingerprint density at radius 3 is 2.83 bits per heavy atom. The van der Waals surface area contributed by atoms with Crippen LogP contribution in [0.25, 0.3) is 5.57 Å². The van der Waals surface area contributed by atoms with Gasteiger partial charge in [0, 0.05) is 37.3 Å². The number of halogens is 1. The molecule has 0 spiro atoms. The SMILES string of the molecule is COc1ccc2c(c1)/C(=C/CCN1CCC(O)(c3ccc(F)c(C)c3)CC1)C1C=CC=NC1CO2. The van der Waals surface area contributed by atoms with Gasteiger partial charge in [-0.1, -0.05) is 24.3 Å². The lowest BCUT2D eigenvalue weighted by atomic mass is 9.83. The van der Waals surface area contributed by atoms with Gasteiger partial charge in [-0.15, -0.1) is 0 Å². The molecule has 2 aromatic carbocycles. The van der Waals surface area contributed by atoms with Crippen molar-refractivity contribution in [1.82, 2.24) is 4.90 Å². The molecule has 3 heterocycles. The van der Waals surface area contributed by atoms with Gasteiger partial charge in [-0.2, -0.15) is 0 Å². The molecule has 0 aromatic heterocycles. The maximum absolute atomic E-state index is 13.7. The minimum Gasteiger partial charge on any atom is -0.497 e. The van der Waals surface area contributed by atoms with E-state index in [1.54, 1.807) is 26.2 Å². The van der Waals surface area contributed by atoms with Gasteiger partial charge in [0.05, 0.1) is 18.8 Å². The number of aliphatic imine (C=N–C) groups is 1. The summed E-state index contributed by atoms with van der Waals surface area (Å²) in [5.41, 5.74) is 2.80. The van der Waals surface area contributed by atoms with Gasteiger partial charge in [-0.3, -0.25) is 4.99 Å². The summed E-state index contributed by atoms with van der Waals surface area (Å²) in [6.45, 7) is 4.82. The molecule has 0 aliphatic carbocycles. The van der Waals surface area contributed by atoms with Gasteiger partial charge in [0.25, 0.3) is 0 Å². The molecule has 5 rings (SSSR count). The Bertz CT molecular complexity index is 1160. The normalized spacial score (nSPS) is 24.4. The number of fused-ring (bicyclic) bond motifs is 2. The molecule has 1 fully saturated rings. The Labute approximate surface area is 206 Å². The third-order valence-corrected chi connectivity index (χ3v) is 7.55. The minimum absolute atomic E-state index is 0.0637. The van der Waals surface area contributed by atoms with Crippen molar-refractivity contribution in [2.24, 2.45) is 10.9 Å². The van der Waals surface area contributed by atoms with Crippen LogP contribution >= 0.6 is 0 Å². The average Bonchev–Trinajstić information content (AvgIpc) is 3.03. The first kappa shape index (κ1) is 23.8. The number of benzene rings is 2. The summed E-state index contributed by atoms with van der Waals surface area (Å²) in [6, 6.07) is 11.0. The fraction of sp³-hybridized carbons (Fsp3) is 0.414. The molecule has 1 N–H and O–H groups in total. The molecular formula is C29H33FN2O3. The Morgan fingerprint density at radius 1 is 1.23 bits per heavy atom. The van der Waals surface area contributed by atoms with E-state index in [9.17, 15) is 9.50 Å². The van der Waals surface area contributed by atoms with Crippen molar-refractivity contribution in [3.63, 3.8) is 0 Å². The Hall–Kier alpha value is -2.96. The Balaban J connectivity index is 1.29. The van der Waals surface area contributed by atoms with Crippen LogP contribution in [-0.2, 0) is 5.60 Å². The van der Waals surface area contributed by atoms with Gasteiger partial charge in [0.1, 0.15) is 23.9 Å². The number of piperidine rings is 1. The molecule has 0 amide bonds. The predicted octanol–water partition coefficient (Wildman–Crippen LogP) is 4.92. The molecule has 1 saturated heterocycles. The van der Waals surface area contributed by atoms with E-state index in [0.717, 1.165) is 48.7 Å². The molecule has 0 saturated carbocycles. The van der Waals surface area contributed by atoms with E-state index in [4.69, 9.17) is 9.47 Å². The summed E-state index contributed by atoms with van der Waals surface area (Å²) in [5, 5.41) is 11.2. The molecule has 3 aliphatic rings. The Kier molecular flexibility index (Phi) is 6.76. The molecule has 35 heavy (non-hydrogen) atoms. The maximum Gasteiger partial charge on any atom is 0.127 e. The van der Waals surface area contributed by atoms with Crippen molar-refractivity contribution < 1.29 is 19.0 Å². The van der Waals surface area contributed by atoms with Crippen molar-refractivity contribution >= 4 is 11.8 Å². The van der Waals surface area contributed by atoms with Crippen molar-refractivity contribution in [2.45, 2.75) is 37.8 Å². The van der Waals surface area contributed by atoms with Gasteiger partial charge >= 0.3 is 0 Å². The van der Waals surface area contributed by atoms with Gasteiger partial charge < -0.3 is 19.5 Å². The molecule has 0 bridgehead atoms. The topological polar surface area (TPSA) is 54.3 Å². The van der Waals surface area contributed by atoms with Crippen LogP contribution in [0.5, 0.6) is 11.5 Å². The van der Waals surface area contributed by atoms with Crippen LogP contribution in [-0.4, -0.2) is 55.6 Å². The molecule has 2 atom stereocenters. The number of likely N-dealkylation sites (tertiary alicyclic amines) is 1. The van der Waals surface area contributed by atoms with Gasteiger partial charge in [0.15, 0.2) is 0 Å². The summed E-state index contributed by atoms with van der Waals surface area (Å²) in [7, 11) is 1.68. The summed E-state index contributed by atoms with van der Waals surface area (Å²) in [4.78, 5) is 7.07. The van der Waals surface area contributed by atoms with Crippen LogP contribution < -0.4 is 9.47 Å². The number of aliphatic hydroxyl groups is 1.